The third-order valence-electron chi connectivity index (χ3n) is 4.96. The van der Waals surface area contributed by atoms with Crippen LogP contribution >= 0.6 is 0 Å². The van der Waals surface area contributed by atoms with Crippen LogP contribution in [-0.2, 0) is 7.05 Å². The molecule has 0 N–H and O–H groups in total. The van der Waals surface area contributed by atoms with E-state index in [1.807, 2.05) is 34.6 Å². The van der Waals surface area contributed by atoms with Crippen molar-refractivity contribution in [2.75, 3.05) is 6.61 Å². The molecule has 0 spiro atoms. The number of nitro benzene ring substituents is 1. The van der Waals surface area contributed by atoms with Crippen molar-refractivity contribution in [2.24, 2.45) is 13.0 Å². The lowest BCUT2D eigenvalue weighted by atomic mass is 9.90. The first-order valence-electron chi connectivity index (χ1n) is 9.60. The van der Waals surface area contributed by atoms with Crippen molar-refractivity contribution in [2.45, 2.75) is 48.5 Å². The lowest BCUT2D eigenvalue weighted by molar-refractivity contribution is -0.385. The van der Waals surface area contributed by atoms with Gasteiger partial charge in [0.1, 0.15) is 5.56 Å². The van der Waals surface area contributed by atoms with Gasteiger partial charge in [-0.2, -0.15) is 5.10 Å². The van der Waals surface area contributed by atoms with E-state index >= 15 is 0 Å². The maximum Gasteiger partial charge on any atom is 0.277 e. The van der Waals surface area contributed by atoms with E-state index in [1.54, 1.807) is 25.6 Å². The highest BCUT2D eigenvalue weighted by Gasteiger charge is 2.28. The number of rotatable bonds is 7. The van der Waals surface area contributed by atoms with Crippen molar-refractivity contribution in [1.29, 1.82) is 0 Å². The second-order valence-corrected chi connectivity index (χ2v) is 7.94. The fourth-order valence-corrected chi connectivity index (χ4v) is 3.26. The highest BCUT2D eigenvalue weighted by Crippen LogP contribution is 2.35. The van der Waals surface area contributed by atoms with E-state index in [0.29, 0.717) is 46.4 Å². The zero-order chi connectivity index (χ0) is 22.0. The number of hydrogen-bond acceptors (Lipinski definition) is 5. The summed E-state index contributed by atoms with van der Waals surface area (Å²) in [4.78, 5) is 24.6. The first-order valence-corrected chi connectivity index (χ1v) is 9.60. The van der Waals surface area contributed by atoms with Crippen LogP contribution in [-0.4, -0.2) is 27.1 Å². The topological polar surface area (TPSA) is 87.3 Å². The Morgan fingerprint density at radius 1 is 1.21 bits per heavy atom. The highest BCUT2D eigenvalue weighted by molar-refractivity contribution is 6.12. The summed E-state index contributed by atoms with van der Waals surface area (Å²) in [6.45, 7) is 13.7. The van der Waals surface area contributed by atoms with Crippen molar-refractivity contribution in [3.63, 3.8) is 0 Å². The molecular formula is C22H29N3O4. The van der Waals surface area contributed by atoms with E-state index in [2.05, 4.69) is 5.10 Å². The van der Waals surface area contributed by atoms with Crippen LogP contribution < -0.4 is 4.74 Å². The molecular weight excluding hydrogens is 370 g/mol. The number of aryl methyl sites for hydroxylation is 2. The molecule has 0 saturated heterocycles. The van der Waals surface area contributed by atoms with Crippen LogP contribution in [0.5, 0.6) is 5.88 Å². The molecule has 1 aromatic carbocycles. The van der Waals surface area contributed by atoms with Gasteiger partial charge in [-0.25, -0.2) is 4.68 Å². The van der Waals surface area contributed by atoms with Gasteiger partial charge >= 0.3 is 0 Å². The molecule has 29 heavy (non-hydrogen) atoms. The van der Waals surface area contributed by atoms with Gasteiger partial charge in [0.05, 0.1) is 22.8 Å². The molecule has 1 heterocycles. The zero-order valence-corrected chi connectivity index (χ0v) is 18.4. The van der Waals surface area contributed by atoms with Gasteiger partial charge in [-0.15, -0.1) is 0 Å². The van der Waals surface area contributed by atoms with Crippen molar-refractivity contribution in [3.05, 3.63) is 55.8 Å². The number of nitrogens with zero attached hydrogens (tertiary/aromatic N) is 3. The number of ether oxygens (including phenoxy) is 1. The monoisotopic (exact) mass is 399 g/mol. The van der Waals surface area contributed by atoms with Crippen LogP contribution in [0.25, 0.3) is 5.57 Å². The van der Waals surface area contributed by atoms with Gasteiger partial charge in [0.25, 0.3) is 5.69 Å². The first-order chi connectivity index (χ1) is 13.5. The molecule has 0 aliphatic rings. The Morgan fingerprint density at radius 3 is 2.34 bits per heavy atom. The third kappa shape index (κ3) is 4.39. The second kappa shape index (κ2) is 8.59. The van der Waals surface area contributed by atoms with Crippen molar-refractivity contribution in [1.82, 2.24) is 9.78 Å². The quantitative estimate of drug-likeness (QED) is 0.370. The highest BCUT2D eigenvalue weighted by atomic mass is 16.6. The maximum absolute atomic E-state index is 13.5. The largest absolute Gasteiger partial charge is 0.477 e. The van der Waals surface area contributed by atoms with E-state index in [1.165, 1.54) is 12.1 Å². The molecule has 0 aliphatic carbocycles. The number of aromatic nitrogens is 2. The number of hydrogen-bond donors (Lipinski definition) is 0. The smallest absolute Gasteiger partial charge is 0.277 e. The Kier molecular flexibility index (Phi) is 6.62. The molecule has 1 aromatic heterocycles. The van der Waals surface area contributed by atoms with Crippen LogP contribution in [0.15, 0.2) is 17.7 Å². The molecule has 2 rings (SSSR count). The normalized spacial score (nSPS) is 10.9. The molecule has 0 atom stereocenters. The van der Waals surface area contributed by atoms with E-state index in [9.17, 15) is 14.9 Å². The van der Waals surface area contributed by atoms with Crippen LogP contribution in [0.2, 0.25) is 0 Å². The molecule has 2 aromatic rings. The minimum absolute atomic E-state index is 0.00283. The van der Waals surface area contributed by atoms with Crippen LogP contribution in [0.1, 0.15) is 67.4 Å². The van der Waals surface area contributed by atoms with Gasteiger partial charge < -0.3 is 4.74 Å². The van der Waals surface area contributed by atoms with E-state index in [0.717, 1.165) is 11.1 Å². The standard InChI is InChI=1S/C22H29N3O4/c1-12(2)11-29-22-20(16(7)23-24(22)8)21(26)17-9-10-18(25(27)28)19(15(17)6)14(5)13(3)4/h9-10,12H,11H2,1-8H3. The third-order valence-corrected chi connectivity index (χ3v) is 4.96. The number of allylic oxidation sites excluding steroid dienone is 2. The molecule has 0 fully saturated rings. The lowest BCUT2D eigenvalue weighted by Gasteiger charge is -2.14. The summed E-state index contributed by atoms with van der Waals surface area (Å²) in [5.41, 5.74) is 4.20. The summed E-state index contributed by atoms with van der Waals surface area (Å²) in [7, 11) is 1.74. The van der Waals surface area contributed by atoms with Gasteiger partial charge in [0, 0.05) is 18.7 Å². The minimum atomic E-state index is -0.407. The van der Waals surface area contributed by atoms with E-state index in [-0.39, 0.29) is 11.5 Å². The maximum atomic E-state index is 13.5. The molecule has 0 bridgehead atoms. The summed E-state index contributed by atoms with van der Waals surface area (Å²) in [6, 6.07) is 2.93. The van der Waals surface area contributed by atoms with E-state index in [4.69, 9.17) is 4.74 Å². The Balaban J connectivity index is 2.68. The van der Waals surface area contributed by atoms with E-state index < -0.39 is 4.92 Å². The van der Waals surface area contributed by atoms with Crippen molar-refractivity contribution >= 4 is 17.0 Å². The average molecular weight is 399 g/mol. The summed E-state index contributed by atoms with van der Waals surface area (Å²) in [5.74, 6) is 0.463. The predicted octanol–water partition coefficient (Wildman–Crippen LogP) is 5.02. The number of carbonyl (C=O) groups is 1. The molecule has 7 nitrogen and oxygen atoms in total. The Morgan fingerprint density at radius 2 is 1.83 bits per heavy atom. The zero-order valence-electron chi connectivity index (χ0n) is 18.4. The number of benzene rings is 1. The molecule has 0 saturated carbocycles. The predicted molar refractivity (Wildman–Crippen MR) is 113 cm³/mol. The Bertz CT molecular complexity index is 996. The lowest BCUT2D eigenvalue weighted by Crippen LogP contribution is -2.13. The molecule has 0 amide bonds. The van der Waals surface area contributed by atoms with Gasteiger partial charge in [0.15, 0.2) is 0 Å². The fourth-order valence-electron chi connectivity index (χ4n) is 3.26. The molecule has 7 heteroatoms. The fraction of sp³-hybridized carbons (Fsp3) is 0.455. The second-order valence-electron chi connectivity index (χ2n) is 7.94. The average Bonchev–Trinajstić information content (AvgIpc) is 2.91. The van der Waals surface area contributed by atoms with Gasteiger partial charge in [-0.05, 0) is 57.7 Å². The molecule has 156 valence electrons. The summed E-state index contributed by atoms with van der Waals surface area (Å²) in [5, 5.41) is 15.9. The Labute approximate surface area is 171 Å². The SMILES string of the molecule is CC(C)=C(C)c1c([N+](=O)[O-])ccc(C(=O)c2c(C)nn(C)c2OCC(C)C)c1C. The van der Waals surface area contributed by atoms with Gasteiger partial charge in [-0.1, -0.05) is 19.4 Å². The Hall–Kier alpha value is -2.96. The molecule has 0 unspecified atom stereocenters. The van der Waals surface area contributed by atoms with Crippen molar-refractivity contribution in [3.8, 4) is 5.88 Å². The van der Waals surface area contributed by atoms with Crippen LogP contribution in [0.3, 0.4) is 0 Å². The summed E-state index contributed by atoms with van der Waals surface area (Å²) in [6.07, 6.45) is 0. The van der Waals surface area contributed by atoms with Crippen molar-refractivity contribution < 1.29 is 14.5 Å². The first kappa shape index (κ1) is 22.3. The number of ketones is 1. The van der Waals surface area contributed by atoms with Crippen LogP contribution in [0.4, 0.5) is 5.69 Å². The minimum Gasteiger partial charge on any atom is -0.477 e. The number of nitro groups is 1. The summed E-state index contributed by atoms with van der Waals surface area (Å²) >= 11 is 0. The van der Waals surface area contributed by atoms with Gasteiger partial charge in [-0.3, -0.25) is 14.9 Å². The number of carbonyl (C=O) groups excluding carboxylic acids is 1. The summed E-state index contributed by atoms with van der Waals surface area (Å²) < 4.78 is 7.44. The van der Waals surface area contributed by atoms with Gasteiger partial charge in [0.2, 0.25) is 11.7 Å². The van der Waals surface area contributed by atoms with Crippen LogP contribution in [0, 0.1) is 29.9 Å². The molecule has 0 aliphatic heterocycles. The molecule has 0 radical (unpaired) electrons.